The molecule has 0 bridgehead atoms. The molecule has 2 amide bonds. The monoisotopic (exact) mass is 238 g/mol. The van der Waals surface area contributed by atoms with Crippen LogP contribution < -0.4 is 5.32 Å². The van der Waals surface area contributed by atoms with Crippen molar-refractivity contribution in [3.05, 3.63) is 30.1 Å². The molecule has 0 atom stereocenters. The van der Waals surface area contributed by atoms with Crippen molar-refractivity contribution < 1.29 is 13.9 Å². The molecule has 1 aromatic carbocycles. The number of nitrogens with one attached hydrogen (secondary N) is 1. The van der Waals surface area contributed by atoms with Gasteiger partial charge in [0.15, 0.2) is 0 Å². The van der Waals surface area contributed by atoms with E-state index in [0.29, 0.717) is 18.8 Å². The summed E-state index contributed by atoms with van der Waals surface area (Å²) in [5.74, 6) is -0.320. The summed E-state index contributed by atoms with van der Waals surface area (Å²) in [5.41, 5.74) is 0.350. The fraction of sp³-hybridized carbons (Fsp3) is 0.417. The van der Waals surface area contributed by atoms with Gasteiger partial charge in [0.05, 0.1) is 13.1 Å². The number of nitrogens with zero attached hydrogens (tertiary/aromatic N) is 1. The number of benzene rings is 1. The SMILES string of the molecule is COC1(C)CN(C(=O)Nc2ccc(F)cc2)C1. The first-order valence-corrected chi connectivity index (χ1v) is 5.39. The molecule has 0 saturated carbocycles. The Morgan fingerprint density at radius 2 is 2.00 bits per heavy atom. The number of carbonyl (C=O) groups is 1. The minimum absolute atomic E-state index is 0.189. The quantitative estimate of drug-likeness (QED) is 0.857. The van der Waals surface area contributed by atoms with E-state index in [4.69, 9.17) is 4.74 Å². The number of halogens is 1. The third kappa shape index (κ3) is 2.55. The van der Waals surface area contributed by atoms with E-state index in [1.54, 1.807) is 12.0 Å². The number of anilines is 1. The molecule has 2 rings (SSSR count). The van der Waals surface area contributed by atoms with Gasteiger partial charge in [-0.3, -0.25) is 0 Å². The van der Waals surface area contributed by atoms with Crippen molar-refractivity contribution in [2.45, 2.75) is 12.5 Å². The lowest BCUT2D eigenvalue weighted by Gasteiger charge is -2.46. The molecule has 17 heavy (non-hydrogen) atoms. The molecule has 1 saturated heterocycles. The maximum Gasteiger partial charge on any atom is 0.322 e. The molecule has 5 heteroatoms. The summed E-state index contributed by atoms with van der Waals surface area (Å²) in [6.07, 6.45) is 0. The van der Waals surface area contributed by atoms with Gasteiger partial charge in [-0.2, -0.15) is 0 Å². The molecule has 1 aliphatic rings. The van der Waals surface area contributed by atoms with Crippen LogP contribution >= 0.6 is 0 Å². The van der Waals surface area contributed by atoms with E-state index in [1.807, 2.05) is 6.92 Å². The fourth-order valence-electron chi connectivity index (χ4n) is 1.77. The van der Waals surface area contributed by atoms with Crippen LogP contribution in [-0.2, 0) is 4.74 Å². The maximum atomic E-state index is 12.7. The predicted molar refractivity (Wildman–Crippen MR) is 62.4 cm³/mol. The number of hydrogen-bond acceptors (Lipinski definition) is 2. The van der Waals surface area contributed by atoms with Crippen molar-refractivity contribution in [1.82, 2.24) is 4.90 Å². The van der Waals surface area contributed by atoms with Crippen LogP contribution in [-0.4, -0.2) is 36.7 Å². The summed E-state index contributed by atoms with van der Waals surface area (Å²) in [4.78, 5) is 13.4. The van der Waals surface area contributed by atoms with Gasteiger partial charge in [-0.25, -0.2) is 9.18 Å². The van der Waals surface area contributed by atoms with E-state index in [-0.39, 0.29) is 17.4 Å². The Labute approximate surface area is 99.4 Å². The standard InChI is InChI=1S/C12H15FN2O2/c1-12(17-2)7-15(8-12)11(16)14-10-5-3-9(13)4-6-10/h3-6H,7-8H2,1-2H3,(H,14,16). The highest BCUT2D eigenvalue weighted by Crippen LogP contribution is 2.24. The minimum Gasteiger partial charge on any atom is -0.375 e. The van der Waals surface area contributed by atoms with Crippen molar-refractivity contribution in [2.75, 3.05) is 25.5 Å². The van der Waals surface area contributed by atoms with Gasteiger partial charge in [0, 0.05) is 12.8 Å². The molecular weight excluding hydrogens is 223 g/mol. The second-order valence-corrected chi connectivity index (χ2v) is 4.45. The van der Waals surface area contributed by atoms with Gasteiger partial charge >= 0.3 is 6.03 Å². The van der Waals surface area contributed by atoms with Crippen LogP contribution in [0, 0.1) is 5.82 Å². The van der Waals surface area contributed by atoms with Gasteiger partial charge in [0.2, 0.25) is 0 Å². The summed E-state index contributed by atoms with van der Waals surface area (Å²) in [6, 6.07) is 5.49. The summed E-state index contributed by atoms with van der Waals surface area (Å²) in [7, 11) is 1.63. The Hall–Kier alpha value is -1.62. The first kappa shape index (κ1) is 11.9. The summed E-state index contributed by atoms with van der Waals surface area (Å²) in [6.45, 7) is 3.09. The molecule has 1 fully saturated rings. The van der Waals surface area contributed by atoms with Gasteiger partial charge in [-0.1, -0.05) is 0 Å². The number of urea groups is 1. The lowest BCUT2D eigenvalue weighted by molar-refractivity contribution is -0.0891. The topological polar surface area (TPSA) is 41.6 Å². The van der Waals surface area contributed by atoms with Crippen molar-refractivity contribution in [1.29, 1.82) is 0 Å². The average molecular weight is 238 g/mol. The van der Waals surface area contributed by atoms with Crippen molar-refractivity contribution in [2.24, 2.45) is 0 Å². The van der Waals surface area contributed by atoms with Crippen LogP contribution in [0.2, 0.25) is 0 Å². The van der Waals surface area contributed by atoms with Crippen molar-refractivity contribution in [3.8, 4) is 0 Å². The lowest BCUT2D eigenvalue weighted by atomic mass is 9.97. The molecule has 0 spiro atoms. The van der Waals surface area contributed by atoms with E-state index in [9.17, 15) is 9.18 Å². The van der Waals surface area contributed by atoms with Gasteiger partial charge in [-0.15, -0.1) is 0 Å². The minimum atomic E-state index is -0.320. The highest BCUT2D eigenvalue weighted by molar-refractivity contribution is 5.90. The second kappa shape index (κ2) is 4.33. The van der Waals surface area contributed by atoms with Crippen LogP contribution in [0.1, 0.15) is 6.92 Å². The van der Waals surface area contributed by atoms with E-state index in [1.165, 1.54) is 24.3 Å². The van der Waals surface area contributed by atoms with Crippen LogP contribution in [0.4, 0.5) is 14.9 Å². The summed E-state index contributed by atoms with van der Waals surface area (Å²) in [5, 5.41) is 2.70. The molecule has 4 nitrogen and oxygen atoms in total. The molecule has 1 aromatic rings. The van der Waals surface area contributed by atoms with Gasteiger partial charge in [-0.05, 0) is 31.2 Å². The zero-order valence-corrected chi connectivity index (χ0v) is 9.87. The molecule has 0 aromatic heterocycles. The number of ether oxygens (including phenoxy) is 1. The molecule has 92 valence electrons. The molecule has 1 aliphatic heterocycles. The third-order valence-electron chi connectivity index (χ3n) is 2.93. The largest absolute Gasteiger partial charge is 0.375 e. The zero-order chi connectivity index (χ0) is 12.5. The van der Waals surface area contributed by atoms with Crippen molar-refractivity contribution in [3.63, 3.8) is 0 Å². The Kier molecular flexibility index (Phi) is 3.02. The maximum absolute atomic E-state index is 12.7. The number of likely N-dealkylation sites (tertiary alicyclic amines) is 1. The van der Waals surface area contributed by atoms with Crippen LogP contribution in [0.15, 0.2) is 24.3 Å². The molecular formula is C12H15FN2O2. The predicted octanol–water partition coefficient (Wildman–Crippen LogP) is 2.08. The Morgan fingerprint density at radius 1 is 1.41 bits per heavy atom. The van der Waals surface area contributed by atoms with Crippen molar-refractivity contribution >= 4 is 11.7 Å². The molecule has 0 aliphatic carbocycles. The average Bonchev–Trinajstić information content (AvgIpc) is 2.28. The summed E-state index contributed by atoms with van der Waals surface area (Å²) < 4.78 is 17.9. The number of amides is 2. The number of carbonyl (C=O) groups excluding carboxylic acids is 1. The fourth-order valence-corrected chi connectivity index (χ4v) is 1.77. The van der Waals surface area contributed by atoms with E-state index in [2.05, 4.69) is 5.32 Å². The molecule has 1 N–H and O–H groups in total. The third-order valence-corrected chi connectivity index (χ3v) is 2.93. The first-order chi connectivity index (χ1) is 8.02. The summed E-state index contributed by atoms with van der Waals surface area (Å²) >= 11 is 0. The van der Waals surface area contributed by atoms with Crippen LogP contribution in [0.5, 0.6) is 0 Å². The zero-order valence-electron chi connectivity index (χ0n) is 9.87. The van der Waals surface area contributed by atoms with E-state index in [0.717, 1.165) is 0 Å². The smallest absolute Gasteiger partial charge is 0.322 e. The van der Waals surface area contributed by atoms with Gasteiger partial charge < -0.3 is 15.0 Å². The molecule has 0 unspecified atom stereocenters. The van der Waals surface area contributed by atoms with Crippen LogP contribution in [0.25, 0.3) is 0 Å². The number of methoxy groups -OCH3 is 1. The number of rotatable bonds is 2. The van der Waals surface area contributed by atoms with Crippen LogP contribution in [0.3, 0.4) is 0 Å². The Bertz CT molecular complexity index is 413. The Balaban J connectivity index is 1.89. The highest BCUT2D eigenvalue weighted by Gasteiger charge is 2.41. The lowest BCUT2D eigenvalue weighted by Crippen LogP contribution is -2.63. The second-order valence-electron chi connectivity index (χ2n) is 4.45. The van der Waals surface area contributed by atoms with E-state index < -0.39 is 0 Å². The van der Waals surface area contributed by atoms with Gasteiger partial charge in [0.1, 0.15) is 11.4 Å². The normalized spacial score (nSPS) is 17.5. The molecule has 1 heterocycles. The Morgan fingerprint density at radius 3 is 2.53 bits per heavy atom. The molecule has 0 radical (unpaired) electrons. The van der Waals surface area contributed by atoms with E-state index >= 15 is 0 Å². The highest BCUT2D eigenvalue weighted by atomic mass is 19.1. The van der Waals surface area contributed by atoms with Gasteiger partial charge in [0.25, 0.3) is 0 Å². The first-order valence-electron chi connectivity index (χ1n) is 5.39. The number of hydrogen-bond donors (Lipinski definition) is 1.